The van der Waals surface area contributed by atoms with Gasteiger partial charge in [0.15, 0.2) is 0 Å². The fourth-order valence-electron chi connectivity index (χ4n) is 24.4. The zero-order valence-electron chi connectivity index (χ0n) is 52.8. The molecule has 0 radical (unpaired) electrons. The molecular formula is C75H126N4O. The van der Waals surface area contributed by atoms with Gasteiger partial charge >= 0.3 is 0 Å². The van der Waals surface area contributed by atoms with Gasteiger partial charge in [-0.3, -0.25) is 9.80 Å². The maximum absolute atomic E-state index is 6.85. The first-order valence-electron chi connectivity index (χ1n) is 37.7. The van der Waals surface area contributed by atoms with Crippen LogP contribution in [0, 0.1) is 82.3 Å². The lowest BCUT2D eigenvalue weighted by atomic mass is 9.53. The van der Waals surface area contributed by atoms with Crippen LogP contribution in [0.5, 0.6) is 0 Å². The zero-order chi connectivity index (χ0) is 54.0. The zero-order valence-corrected chi connectivity index (χ0v) is 52.8. The summed E-state index contributed by atoms with van der Waals surface area (Å²) in [5.41, 5.74) is 0.675. The van der Waals surface area contributed by atoms with Crippen LogP contribution in [0.1, 0.15) is 353 Å². The molecule has 1 aromatic heterocycles. The molecule has 0 spiro atoms. The van der Waals surface area contributed by atoms with E-state index in [0.717, 1.165) is 125 Å². The quantitative estimate of drug-likeness (QED) is 0.186. The van der Waals surface area contributed by atoms with Gasteiger partial charge in [-0.15, -0.1) is 10.2 Å². The Morgan fingerprint density at radius 2 is 0.725 bits per heavy atom. The molecule has 12 saturated carbocycles. The number of hydrogen-bond donors (Lipinski definition) is 0. The van der Waals surface area contributed by atoms with Crippen molar-refractivity contribution in [3.05, 3.63) is 11.8 Å². The molecule has 452 valence electrons. The summed E-state index contributed by atoms with van der Waals surface area (Å²) in [7, 11) is 0. The number of hydrogen-bond acceptors (Lipinski definition) is 5. The molecule has 0 bridgehead atoms. The first-order chi connectivity index (χ1) is 39.3. The molecule has 0 amide bonds. The van der Waals surface area contributed by atoms with Crippen molar-refractivity contribution in [3.63, 3.8) is 0 Å². The second-order valence-corrected chi connectivity index (χ2v) is 33.3. The molecule has 12 aliphatic rings. The second-order valence-electron chi connectivity index (χ2n) is 33.3. The lowest BCUT2D eigenvalue weighted by Crippen LogP contribution is -2.55. The molecule has 1 heterocycles. The SMILES string of the molecule is CC1CCC(N(C2CCC(C)CC2)C2CCC(C3(C4CCC(N(C5CCC(C)CC5)C5CCC(CC6CCC(CC7CCC(c8nnc(C9CCCC%10CCCCC%109)o8)C8CCCCC78)CC6)CC5)CC4)CCCCC3)CC2)CC1. The van der Waals surface area contributed by atoms with Crippen LogP contribution in [0.15, 0.2) is 4.42 Å². The van der Waals surface area contributed by atoms with Crippen molar-refractivity contribution < 1.29 is 4.42 Å². The number of nitrogens with zero attached hydrogens (tertiary/aromatic N) is 4. The molecule has 7 unspecified atom stereocenters. The van der Waals surface area contributed by atoms with Gasteiger partial charge in [-0.05, 0) is 301 Å². The van der Waals surface area contributed by atoms with Crippen molar-refractivity contribution in [1.82, 2.24) is 20.0 Å². The van der Waals surface area contributed by atoms with Crippen LogP contribution in [0.4, 0.5) is 0 Å². The summed E-state index contributed by atoms with van der Waals surface area (Å²) in [6.45, 7) is 7.65. The van der Waals surface area contributed by atoms with E-state index in [1.807, 2.05) is 0 Å². The lowest BCUT2D eigenvalue weighted by Gasteiger charge is -2.56. The Labute approximate surface area is 493 Å². The van der Waals surface area contributed by atoms with Gasteiger partial charge in [0.25, 0.3) is 0 Å². The molecule has 7 atom stereocenters. The molecule has 0 aliphatic heterocycles. The number of rotatable bonds is 14. The number of aromatic nitrogens is 2. The predicted octanol–water partition coefficient (Wildman–Crippen LogP) is 21.0. The molecule has 0 saturated heterocycles. The van der Waals surface area contributed by atoms with Crippen LogP contribution in [-0.2, 0) is 0 Å². The normalized spacial score (nSPS) is 45.2. The van der Waals surface area contributed by atoms with E-state index in [4.69, 9.17) is 14.6 Å². The summed E-state index contributed by atoms with van der Waals surface area (Å²) in [5, 5.41) is 9.83. The fourth-order valence-corrected chi connectivity index (χ4v) is 24.4. The van der Waals surface area contributed by atoms with E-state index >= 15 is 0 Å². The topological polar surface area (TPSA) is 45.4 Å². The molecular weight excluding hydrogens is 973 g/mol. The van der Waals surface area contributed by atoms with E-state index < -0.39 is 0 Å². The van der Waals surface area contributed by atoms with Crippen molar-refractivity contribution in [2.45, 2.75) is 377 Å². The Kier molecular flexibility index (Phi) is 19.6. The summed E-state index contributed by atoms with van der Waals surface area (Å²) in [5.74, 6) is 15.4. The highest BCUT2D eigenvalue weighted by Gasteiger charge is 2.51. The smallest absolute Gasteiger partial charge is 0.219 e. The first-order valence-corrected chi connectivity index (χ1v) is 37.7. The highest BCUT2D eigenvalue weighted by Crippen LogP contribution is 2.59. The largest absolute Gasteiger partial charge is 0.425 e. The Bertz CT molecular complexity index is 1960. The summed E-state index contributed by atoms with van der Waals surface area (Å²) in [6, 6.07) is 5.32. The van der Waals surface area contributed by atoms with E-state index in [-0.39, 0.29) is 0 Å². The van der Waals surface area contributed by atoms with Gasteiger partial charge < -0.3 is 4.42 Å². The monoisotopic (exact) mass is 1100 g/mol. The van der Waals surface area contributed by atoms with Crippen LogP contribution in [0.25, 0.3) is 0 Å². The average Bonchev–Trinajstić information content (AvgIpc) is 4.01. The second kappa shape index (κ2) is 27.0. The Balaban J connectivity index is 0.584. The van der Waals surface area contributed by atoms with E-state index in [1.54, 1.807) is 57.8 Å². The van der Waals surface area contributed by atoms with Gasteiger partial charge in [0, 0.05) is 48.1 Å². The van der Waals surface area contributed by atoms with E-state index in [9.17, 15) is 0 Å². The number of fused-ring (bicyclic) bond motifs is 2. The maximum Gasteiger partial charge on any atom is 0.219 e. The standard InChI is InChI=1S/C75H126N4O/c1-52-18-35-62(36-19-52)78(63-37-20-53(2)21-38-63)66-43-31-60(32-44-66)75(48-9-4-10-49-75)61-33-45-67(46-34-61)79(64-39-22-54(3)23-40-64)65-41-28-56(29-42-65)50-55-24-26-57(27-25-55)51-59-30-47-72(70-16-8-7-15-69(59)70)74-77-76-73(80-74)71-17-11-13-58-12-5-6-14-68(58)71/h52-72H,4-51H2,1-3H3. The summed E-state index contributed by atoms with van der Waals surface area (Å²) in [4.78, 5) is 6.62. The van der Waals surface area contributed by atoms with Crippen LogP contribution < -0.4 is 0 Å². The summed E-state index contributed by atoms with van der Waals surface area (Å²) >= 11 is 0. The molecule has 12 fully saturated rings. The molecule has 0 aromatic carbocycles. The molecule has 13 rings (SSSR count). The van der Waals surface area contributed by atoms with Crippen LogP contribution >= 0.6 is 0 Å². The van der Waals surface area contributed by atoms with Crippen LogP contribution in [0.3, 0.4) is 0 Å². The molecule has 12 aliphatic carbocycles. The average molecular weight is 1100 g/mol. The molecule has 1 aromatic rings. The van der Waals surface area contributed by atoms with Crippen LogP contribution in [-0.4, -0.2) is 56.2 Å². The highest BCUT2D eigenvalue weighted by atomic mass is 16.4. The third-order valence-electron chi connectivity index (χ3n) is 28.9. The van der Waals surface area contributed by atoms with Gasteiger partial charge in [-0.2, -0.15) is 0 Å². The van der Waals surface area contributed by atoms with Gasteiger partial charge in [0.2, 0.25) is 11.8 Å². The van der Waals surface area contributed by atoms with Crippen molar-refractivity contribution in [2.24, 2.45) is 82.3 Å². The first kappa shape index (κ1) is 58.1. The Morgan fingerprint density at radius 1 is 0.338 bits per heavy atom. The summed E-state index contributed by atoms with van der Waals surface area (Å²) in [6.07, 6.45) is 71.7. The summed E-state index contributed by atoms with van der Waals surface area (Å²) < 4.78 is 6.85. The minimum Gasteiger partial charge on any atom is -0.425 e. The highest BCUT2D eigenvalue weighted by molar-refractivity contribution is 5.07. The third-order valence-corrected chi connectivity index (χ3v) is 28.9. The van der Waals surface area contributed by atoms with E-state index in [2.05, 4.69) is 30.6 Å². The lowest BCUT2D eigenvalue weighted by molar-refractivity contribution is -0.0581. The van der Waals surface area contributed by atoms with E-state index in [0.29, 0.717) is 17.3 Å². The van der Waals surface area contributed by atoms with Crippen molar-refractivity contribution in [3.8, 4) is 0 Å². The minimum atomic E-state index is 0.531. The molecule has 5 heteroatoms. The van der Waals surface area contributed by atoms with Gasteiger partial charge in [-0.25, -0.2) is 0 Å². The van der Waals surface area contributed by atoms with E-state index in [1.165, 1.54) is 250 Å². The van der Waals surface area contributed by atoms with Crippen molar-refractivity contribution in [2.75, 3.05) is 0 Å². The van der Waals surface area contributed by atoms with Gasteiger partial charge in [-0.1, -0.05) is 111 Å². The fraction of sp³-hybridized carbons (Fsp3) is 0.973. The molecule has 80 heavy (non-hydrogen) atoms. The van der Waals surface area contributed by atoms with Gasteiger partial charge in [0.1, 0.15) is 0 Å². The van der Waals surface area contributed by atoms with Crippen LogP contribution in [0.2, 0.25) is 0 Å². The van der Waals surface area contributed by atoms with Gasteiger partial charge in [0.05, 0.1) is 0 Å². The van der Waals surface area contributed by atoms with Crippen molar-refractivity contribution in [1.29, 1.82) is 0 Å². The predicted molar refractivity (Wildman–Crippen MR) is 333 cm³/mol. The maximum atomic E-state index is 6.85. The Hall–Kier alpha value is -0.940. The molecule has 5 nitrogen and oxygen atoms in total. The minimum absolute atomic E-state index is 0.531. The molecule has 0 N–H and O–H groups in total. The Morgan fingerprint density at radius 3 is 1.23 bits per heavy atom. The third kappa shape index (κ3) is 13.0. The van der Waals surface area contributed by atoms with Crippen molar-refractivity contribution >= 4 is 0 Å².